The van der Waals surface area contributed by atoms with Crippen molar-refractivity contribution < 1.29 is 65.8 Å². The van der Waals surface area contributed by atoms with E-state index in [1.54, 1.807) is 19.1 Å². The van der Waals surface area contributed by atoms with Gasteiger partial charge in [-0.3, -0.25) is 14.9 Å². The van der Waals surface area contributed by atoms with Crippen molar-refractivity contribution in [3.05, 3.63) is 37.4 Å². The molecule has 0 atom stereocenters. The summed E-state index contributed by atoms with van der Waals surface area (Å²) in [5, 5.41) is 10.8. The summed E-state index contributed by atoms with van der Waals surface area (Å²) in [4.78, 5) is 21.5. The molecule has 7 heteroatoms. The number of nitro benzene ring substituents is 1. The number of ether oxygens (including phenoxy) is 1. The smallest absolute Gasteiger partial charge is 0.466 e. The Hall–Kier alpha value is 0.456. The second kappa shape index (κ2) is 8.54. The Morgan fingerprint density at radius 2 is 2.18 bits per heavy atom. The van der Waals surface area contributed by atoms with E-state index in [0.29, 0.717) is 5.56 Å². The van der Waals surface area contributed by atoms with Crippen molar-refractivity contribution in [3.8, 4) is 0 Å². The van der Waals surface area contributed by atoms with Gasteiger partial charge in [0, 0.05) is 15.2 Å². The van der Waals surface area contributed by atoms with E-state index in [1.807, 2.05) is 22.6 Å². The van der Waals surface area contributed by atoms with Crippen LogP contribution in [0.5, 0.6) is 0 Å². The van der Waals surface area contributed by atoms with E-state index in [-0.39, 0.29) is 70.1 Å². The maximum atomic E-state index is 11.2. The van der Waals surface area contributed by atoms with Crippen molar-refractivity contribution >= 4 is 34.2 Å². The van der Waals surface area contributed by atoms with Crippen molar-refractivity contribution in [2.75, 3.05) is 6.61 Å². The number of carbonyl (C=O) groups is 1. The van der Waals surface area contributed by atoms with E-state index < -0.39 is 10.9 Å². The van der Waals surface area contributed by atoms with Crippen molar-refractivity contribution in [3.63, 3.8) is 0 Å². The molecule has 1 rings (SSSR count). The molecule has 0 aromatic heterocycles. The molecule has 0 spiro atoms. The molecule has 0 radical (unpaired) electrons. The van der Waals surface area contributed by atoms with Gasteiger partial charge in [-0.2, -0.15) is 0 Å². The molecule has 17 heavy (non-hydrogen) atoms. The zero-order valence-electron chi connectivity index (χ0n) is 9.60. The number of rotatable bonds is 4. The standard InChI is InChI=1S/C10H10INO4.K/c1-2-16-10(13)5-7-3-4-8(11)6-9(7)12(14)15;/h3-4,6H,2,5H2,1H3;/q;+1. The molecular weight excluding hydrogens is 364 g/mol. The Labute approximate surface area is 155 Å². The van der Waals surface area contributed by atoms with Crippen LogP contribution >= 0.6 is 22.6 Å². The van der Waals surface area contributed by atoms with Crippen molar-refractivity contribution in [2.45, 2.75) is 13.3 Å². The molecule has 1 aromatic carbocycles. The second-order valence-corrected chi connectivity index (χ2v) is 4.26. The fourth-order valence-electron chi connectivity index (χ4n) is 1.22. The minimum Gasteiger partial charge on any atom is -0.466 e. The van der Waals surface area contributed by atoms with Crippen LogP contribution < -0.4 is 51.4 Å². The van der Waals surface area contributed by atoms with Gasteiger partial charge in [-0.15, -0.1) is 0 Å². The summed E-state index contributed by atoms with van der Waals surface area (Å²) in [6, 6.07) is 4.74. The van der Waals surface area contributed by atoms with Crippen LogP contribution in [0.4, 0.5) is 5.69 Å². The summed E-state index contributed by atoms with van der Waals surface area (Å²) in [5.41, 5.74) is 0.337. The topological polar surface area (TPSA) is 69.4 Å². The van der Waals surface area contributed by atoms with Crippen LogP contribution in [0, 0.1) is 13.7 Å². The van der Waals surface area contributed by atoms with Crippen molar-refractivity contribution in [1.82, 2.24) is 0 Å². The molecule has 0 saturated carbocycles. The molecule has 0 heterocycles. The van der Waals surface area contributed by atoms with Crippen LogP contribution in [-0.2, 0) is 16.0 Å². The first kappa shape index (κ1) is 17.5. The Kier molecular flexibility index (Phi) is 8.77. The van der Waals surface area contributed by atoms with Crippen LogP contribution in [0.2, 0.25) is 0 Å². The molecule has 0 unspecified atom stereocenters. The number of benzene rings is 1. The number of hydrogen-bond donors (Lipinski definition) is 0. The molecular formula is C10H10IKNO4+. The van der Waals surface area contributed by atoms with Gasteiger partial charge in [-0.1, -0.05) is 6.07 Å². The number of hydrogen-bond acceptors (Lipinski definition) is 4. The second-order valence-electron chi connectivity index (χ2n) is 3.01. The molecule has 0 amide bonds. The maximum absolute atomic E-state index is 11.2. The maximum Gasteiger partial charge on any atom is 1.00 e. The quantitative estimate of drug-likeness (QED) is 0.230. The summed E-state index contributed by atoms with van der Waals surface area (Å²) < 4.78 is 5.51. The largest absolute Gasteiger partial charge is 1.00 e. The van der Waals surface area contributed by atoms with E-state index in [0.717, 1.165) is 3.57 Å². The average Bonchev–Trinajstić information content (AvgIpc) is 2.20. The van der Waals surface area contributed by atoms with Gasteiger partial charge in [-0.05, 0) is 35.6 Å². The Bertz CT molecular complexity index is 425. The fourth-order valence-corrected chi connectivity index (χ4v) is 1.70. The van der Waals surface area contributed by atoms with Gasteiger partial charge in [0.15, 0.2) is 0 Å². The fraction of sp³-hybridized carbons (Fsp3) is 0.300. The van der Waals surface area contributed by atoms with Crippen LogP contribution in [0.3, 0.4) is 0 Å². The number of nitrogens with zero attached hydrogens (tertiary/aromatic N) is 1. The summed E-state index contributed by atoms with van der Waals surface area (Å²) in [7, 11) is 0. The van der Waals surface area contributed by atoms with Gasteiger partial charge in [0.1, 0.15) is 0 Å². The number of esters is 1. The van der Waals surface area contributed by atoms with E-state index in [1.165, 1.54) is 6.07 Å². The third-order valence-electron chi connectivity index (χ3n) is 1.88. The molecule has 86 valence electrons. The summed E-state index contributed by atoms with van der Waals surface area (Å²) in [6.07, 6.45) is -0.0684. The third kappa shape index (κ3) is 5.75. The van der Waals surface area contributed by atoms with Gasteiger partial charge in [0.2, 0.25) is 0 Å². The number of halogens is 1. The predicted molar refractivity (Wildman–Crippen MR) is 66.2 cm³/mol. The average molecular weight is 374 g/mol. The Morgan fingerprint density at radius 1 is 1.53 bits per heavy atom. The number of nitro groups is 1. The molecule has 0 bridgehead atoms. The predicted octanol–water partition coefficient (Wildman–Crippen LogP) is -0.691. The van der Waals surface area contributed by atoms with Crippen LogP contribution in [0.25, 0.3) is 0 Å². The Morgan fingerprint density at radius 3 is 2.71 bits per heavy atom. The molecule has 0 N–H and O–H groups in total. The minimum atomic E-state index is -0.489. The molecule has 0 aliphatic rings. The zero-order chi connectivity index (χ0) is 12.1. The van der Waals surface area contributed by atoms with Gasteiger partial charge in [-0.25, -0.2) is 0 Å². The molecule has 0 fully saturated rings. The van der Waals surface area contributed by atoms with E-state index in [4.69, 9.17) is 4.74 Å². The van der Waals surface area contributed by atoms with Gasteiger partial charge >= 0.3 is 57.4 Å². The van der Waals surface area contributed by atoms with E-state index >= 15 is 0 Å². The van der Waals surface area contributed by atoms with E-state index in [9.17, 15) is 14.9 Å². The molecule has 0 saturated heterocycles. The monoisotopic (exact) mass is 374 g/mol. The molecule has 0 aliphatic carbocycles. The third-order valence-corrected chi connectivity index (χ3v) is 2.56. The van der Waals surface area contributed by atoms with Gasteiger partial charge < -0.3 is 4.74 Å². The summed E-state index contributed by atoms with van der Waals surface area (Å²) >= 11 is 1.99. The first-order valence-corrected chi connectivity index (χ1v) is 5.71. The summed E-state index contributed by atoms with van der Waals surface area (Å²) in [5.74, 6) is -0.452. The first-order chi connectivity index (χ1) is 7.54. The normalized spacial score (nSPS) is 9.29. The first-order valence-electron chi connectivity index (χ1n) is 4.63. The van der Waals surface area contributed by atoms with Gasteiger partial charge in [0.25, 0.3) is 5.69 Å². The number of carbonyl (C=O) groups excluding carboxylic acids is 1. The summed E-state index contributed by atoms with van der Waals surface area (Å²) in [6.45, 7) is 1.97. The van der Waals surface area contributed by atoms with Crippen LogP contribution in [0.15, 0.2) is 18.2 Å². The van der Waals surface area contributed by atoms with Crippen LogP contribution in [-0.4, -0.2) is 17.5 Å². The van der Waals surface area contributed by atoms with Crippen LogP contribution in [0.1, 0.15) is 12.5 Å². The molecule has 5 nitrogen and oxygen atoms in total. The van der Waals surface area contributed by atoms with Crippen molar-refractivity contribution in [2.24, 2.45) is 0 Å². The zero-order valence-corrected chi connectivity index (χ0v) is 14.9. The molecule has 1 aromatic rings. The van der Waals surface area contributed by atoms with E-state index in [2.05, 4.69) is 0 Å². The van der Waals surface area contributed by atoms with Crippen molar-refractivity contribution in [1.29, 1.82) is 0 Å². The SMILES string of the molecule is CCOC(=O)Cc1ccc(I)cc1[N+](=O)[O-].[K+]. The Balaban J connectivity index is 0.00000256. The van der Waals surface area contributed by atoms with Gasteiger partial charge in [0.05, 0.1) is 18.0 Å². The minimum absolute atomic E-state index is 0. The molecule has 0 aliphatic heterocycles.